The molecule has 0 saturated carbocycles. The van der Waals surface area contributed by atoms with Crippen LogP contribution in [0.25, 0.3) is 11.6 Å². The molecule has 2 aromatic rings. The monoisotopic (exact) mass is 363 g/mol. The molecule has 1 aromatic carbocycles. The Morgan fingerprint density at radius 3 is 2.70 bits per heavy atom. The standard InChI is InChI=1S/C21H25N5O/c22-13-19(14-23)21-6-7-24-15-18(21)5-8-25-20-3-1-17(2-4-20)16-26-9-11-27-12-10-26/h1-8,13-15,22,25H,9-12,16,23H2/b8-5+,19-14?,22-13?. The maximum atomic E-state index is 7.47. The van der Waals surface area contributed by atoms with Gasteiger partial charge in [0.2, 0.25) is 0 Å². The maximum Gasteiger partial charge on any atom is 0.0594 e. The summed E-state index contributed by atoms with van der Waals surface area (Å²) in [6.45, 7) is 4.58. The van der Waals surface area contributed by atoms with Crippen molar-refractivity contribution < 1.29 is 4.74 Å². The van der Waals surface area contributed by atoms with Gasteiger partial charge >= 0.3 is 0 Å². The molecule has 140 valence electrons. The van der Waals surface area contributed by atoms with Crippen molar-refractivity contribution in [3.05, 3.63) is 71.8 Å². The van der Waals surface area contributed by atoms with E-state index >= 15 is 0 Å². The lowest BCUT2D eigenvalue weighted by molar-refractivity contribution is 0.0342. The SMILES string of the molecule is N=CC(=CN)c1ccncc1/C=C/Nc1ccc(CN2CCOCC2)cc1. The van der Waals surface area contributed by atoms with E-state index in [0.717, 1.165) is 49.7 Å². The highest BCUT2D eigenvalue weighted by Gasteiger charge is 2.10. The van der Waals surface area contributed by atoms with Crippen molar-refractivity contribution in [2.75, 3.05) is 31.6 Å². The minimum Gasteiger partial charge on any atom is -0.404 e. The number of nitrogens with two attached hydrogens (primary N) is 1. The fraction of sp³-hybridized carbons (Fsp3) is 0.238. The van der Waals surface area contributed by atoms with E-state index in [0.29, 0.717) is 5.57 Å². The molecule has 6 nitrogen and oxygen atoms in total. The third kappa shape index (κ3) is 5.26. The molecule has 1 saturated heterocycles. The number of ether oxygens (including phenoxy) is 1. The van der Waals surface area contributed by atoms with Crippen LogP contribution in [0.4, 0.5) is 5.69 Å². The highest BCUT2D eigenvalue weighted by atomic mass is 16.5. The molecule has 2 heterocycles. The summed E-state index contributed by atoms with van der Waals surface area (Å²) in [6, 6.07) is 10.3. The van der Waals surface area contributed by atoms with E-state index in [1.165, 1.54) is 18.0 Å². The van der Waals surface area contributed by atoms with Crippen LogP contribution in [0.1, 0.15) is 16.7 Å². The largest absolute Gasteiger partial charge is 0.404 e. The van der Waals surface area contributed by atoms with Crippen LogP contribution in [0.2, 0.25) is 0 Å². The summed E-state index contributed by atoms with van der Waals surface area (Å²) in [5.41, 5.74) is 10.3. The minimum atomic E-state index is 0.657. The van der Waals surface area contributed by atoms with Crippen LogP contribution in [0.3, 0.4) is 0 Å². The van der Waals surface area contributed by atoms with Crippen molar-refractivity contribution in [3.63, 3.8) is 0 Å². The molecule has 3 rings (SSSR count). The Bertz CT molecular complexity index is 808. The van der Waals surface area contributed by atoms with Crippen LogP contribution in [-0.4, -0.2) is 42.4 Å². The molecule has 1 fully saturated rings. The Labute approximate surface area is 159 Å². The van der Waals surface area contributed by atoms with E-state index in [1.54, 1.807) is 12.4 Å². The number of aromatic nitrogens is 1. The van der Waals surface area contributed by atoms with Crippen molar-refractivity contribution >= 4 is 23.6 Å². The second-order valence-corrected chi connectivity index (χ2v) is 6.29. The number of hydrogen-bond acceptors (Lipinski definition) is 6. The Kier molecular flexibility index (Phi) is 6.73. The first kappa shape index (κ1) is 18.8. The van der Waals surface area contributed by atoms with Gasteiger partial charge in [-0.15, -0.1) is 0 Å². The molecule has 1 aliphatic heterocycles. The summed E-state index contributed by atoms with van der Waals surface area (Å²) in [6.07, 6.45) is 9.92. The molecule has 1 aromatic heterocycles. The number of pyridine rings is 1. The summed E-state index contributed by atoms with van der Waals surface area (Å²) < 4.78 is 5.39. The molecular formula is C21H25N5O. The summed E-state index contributed by atoms with van der Waals surface area (Å²) in [4.78, 5) is 6.56. The number of morpholine rings is 1. The average Bonchev–Trinajstić information content (AvgIpc) is 2.72. The van der Waals surface area contributed by atoms with Crippen molar-refractivity contribution in [1.29, 1.82) is 5.41 Å². The first-order valence-corrected chi connectivity index (χ1v) is 8.99. The topological polar surface area (TPSA) is 87.3 Å². The highest BCUT2D eigenvalue weighted by Crippen LogP contribution is 2.18. The number of benzene rings is 1. The fourth-order valence-electron chi connectivity index (χ4n) is 2.97. The summed E-state index contributed by atoms with van der Waals surface area (Å²) in [5.74, 6) is 0. The summed E-state index contributed by atoms with van der Waals surface area (Å²) in [7, 11) is 0. The van der Waals surface area contributed by atoms with Gasteiger partial charge in [-0.2, -0.15) is 0 Å². The Morgan fingerprint density at radius 1 is 1.22 bits per heavy atom. The van der Waals surface area contributed by atoms with Gasteiger partial charge < -0.3 is 21.2 Å². The predicted molar refractivity (Wildman–Crippen MR) is 110 cm³/mol. The van der Waals surface area contributed by atoms with E-state index in [1.807, 2.05) is 18.3 Å². The van der Waals surface area contributed by atoms with E-state index in [9.17, 15) is 0 Å². The number of anilines is 1. The van der Waals surface area contributed by atoms with Gasteiger partial charge in [0.05, 0.1) is 13.2 Å². The molecule has 0 spiro atoms. The molecule has 0 amide bonds. The van der Waals surface area contributed by atoms with Gasteiger partial charge in [0.1, 0.15) is 0 Å². The van der Waals surface area contributed by atoms with Gasteiger partial charge in [-0.25, -0.2) is 0 Å². The number of nitrogens with zero attached hydrogens (tertiary/aromatic N) is 2. The summed E-state index contributed by atoms with van der Waals surface area (Å²) in [5, 5.41) is 10.8. The van der Waals surface area contributed by atoms with Crippen LogP contribution in [0.15, 0.2) is 55.1 Å². The maximum absolute atomic E-state index is 7.47. The fourth-order valence-corrected chi connectivity index (χ4v) is 2.97. The first-order valence-electron chi connectivity index (χ1n) is 8.99. The van der Waals surface area contributed by atoms with Crippen molar-refractivity contribution in [2.24, 2.45) is 5.73 Å². The Hall–Kier alpha value is -2.96. The quantitative estimate of drug-likeness (QED) is 0.659. The zero-order valence-electron chi connectivity index (χ0n) is 15.3. The van der Waals surface area contributed by atoms with E-state index < -0.39 is 0 Å². The molecule has 0 bridgehead atoms. The van der Waals surface area contributed by atoms with Crippen LogP contribution in [0.5, 0.6) is 0 Å². The molecule has 0 aliphatic carbocycles. The van der Waals surface area contributed by atoms with Gasteiger partial charge in [0.15, 0.2) is 0 Å². The number of allylic oxidation sites excluding steroid dienone is 1. The van der Waals surface area contributed by atoms with Crippen molar-refractivity contribution in [2.45, 2.75) is 6.54 Å². The number of rotatable bonds is 7. The lowest BCUT2D eigenvalue weighted by Crippen LogP contribution is -2.35. The molecule has 0 radical (unpaired) electrons. The molecule has 1 aliphatic rings. The van der Waals surface area contributed by atoms with Gasteiger partial charge in [0.25, 0.3) is 0 Å². The van der Waals surface area contributed by atoms with E-state index in [-0.39, 0.29) is 0 Å². The van der Waals surface area contributed by atoms with Gasteiger partial charge in [-0.3, -0.25) is 9.88 Å². The lowest BCUT2D eigenvalue weighted by atomic mass is 10.0. The van der Waals surface area contributed by atoms with Gasteiger partial charge in [-0.1, -0.05) is 12.1 Å². The third-order valence-corrected chi connectivity index (χ3v) is 4.47. The number of nitrogens with one attached hydrogen (secondary N) is 2. The normalized spacial score (nSPS) is 15.8. The van der Waals surface area contributed by atoms with Crippen molar-refractivity contribution in [1.82, 2.24) is 9.88 Å². The highest BCUT2D eigenvalue weighted by molar-refractivity contribution is 6.09. The third-order valence-electron chi connectivity index (χ3n) is 4.47. The number of hydrogen-bond donors (Lipinski definition) is 3. The van der Waals surface area contributed by atoms with Crippen LogP contribution in [0, 0.1) is 5.41 Å². The molecule has 4 N–H and O–H groups in total. The van der Waals surface area contributed by atoms with Crippen LogP contribution >= 0.6 is 0 Å². The van der Waals surface area contributed by atoms with Crippen LogP contribution in [-0.2, 0) is 11.3 Å². The second-order valence-electron chi connectivity index (χ2n) is 6.29. The smallest absolute Gasteiger partial charge is 0.0594 e. The van der Waals surface area contributed by atoms with Crippen molar-refractivity contribution in [3.8, 4) is 0 Å². The van der Waals surface area contributed by atoms with E-state index in [4.69, 9.17) is 15.9 Å². The second kappa shape index (κ2) is 9.66. The van der Waals surface area contributed by atoms with Gasteiger partial charge in [0, 0.05) is 67.5 Å². The summed E-state index contributed by atoms with van der Waals surface area (Å²) >= 11 is 0. The first-order chi connectivity index (χ1) is 13.3. The minimum absolute atomic E-state index is 0.657. The van der Waals surface area contributed by atoms with Gasteiger partial charge in [-0.05, 0) is 35.4 Å². The Balaban J connectivity index is 1.61. The molecular weight excluding hydrogens is 338 g/mol. The predicted octanol–water partition coefficient (Wildman–Crippen LogP) is 2.95. The average molecular weight is 363 g/mol. The lowest BCUT2D eigenvalue weighted by Gasteiger charge is -2.26. The molecule has 0 unspecified atom stereocenters. The van der Waals surface area contributed by atoms with E-state index in [2.05, 4.69) is 39.5 Å². The zero-order chi connectivity index (χ0) is 18.9. The zero-order valence-corrected chi connectivity index (χ0v) is 15.3. The molecule has 0 atom stereocenters. The molecule has 6 heteroatoms. The Morgan fingerprint density at radius 2 is 2.00 bits per heavy atom. The molecule has 27 heavy (non-hydrogen) atoms. The van der Waals surface area contributed by atoms with Crippen LogP contribution < -0.4 is 11.1 Å².